The lowest BCUT2D eigenvalue weighted by molar-refractivity contribution is -0.152. The lowest BCUT2D eigenvalue weighted by atomic mass is 9.97. The van der Waals surface area contributed by atoms with E-state index in [0.717, 1.165) is 0 Å². The highest BCUT2D eigenvalue weighted by Crippen LogP contribution is 2.20. The monoisotopic (exact) mass is 304 g/mol. The normalized spacial score (nSPS) is 19.1. The number of ether oxygens (including phenoxy) is 1. The fourth-order valence-corrected chi connectivity index (χ4v) is 2.43. The molecule has 0 spiro atoms. The molecule has 1 aliphatic rings. The Bertz CT molecular complexity index is 594. The summed E-state index contributed by atoms with van der Waals surface area (Å²) in [4.78, 5) is 25.9. The summed E-state index contributed by atoms with van der Waals surface area (Å²) >= 11 is 0. The summed E-state index contributed by atoms with van der Waals surface area (Å²) in [7, 11) is 0. The van der Waals surface area contributed by atoms with E-state index in [0.29, 0.717) is 24.9 Å². The molecule has 1 aliphatic heterocycles. The van der Waals surface area contributed by atoms with Crippen LogP contribution in [0.5, 0.6) is 0 Å². The first kappa shape index (κ1) is 16.0. The molecule has 5 nitrogen and oxygen atoms in total. The lowest BCUT2D eigenvalue weighted by Gasteiger charge is -2.31. The molecular weight excluding hydrogens is 287 g/mol. The molecule has 0 saturated carbocycles. The topological polar surface area (TPSA) is 70.4 Å². The van der Waals surface area contributed by atoms with Crippen LogP contribution >= 0.6 is 0 Å². The first-order valence-electron chi connectivity index (χ1n) is 7.16. The van der Waals surface area contributed by atoms with Crippen molar-refractivity contribution < 1.29 is 18.7 Å². The zero-order valence-corrected chi connectivity index (χ0v) is 12.3. The molecule has 1 fully saturated rings. The maximum absolute atomic E-state index is 12.9. The third-order valence-corrected chi connectivity index (χ3v) is 3.61. The Morgan fingerprint density at radius 3 is 2.73 bits per heavy atom. The molecule has 1 saturated heterocycles. The van der Waals surface area contributed by atoms with E-state index in [1.165, 1.54) is 31.2 Å². The number of halogens is 1. The SMILES string of the molecule is CC(C#N)OC(=O)C1CCCN(C(=O)c2ccc(F)cc2)C1. The van der Waals surface area contributed by atoms with Gasteiger partial charge in [0, 0.05) is 18.7 Å². The summed E-state index contributed by atoms with van der Waals surface area (Å²) in [6.45, 7) is 2.31. The van der Waals surface area contributed by atoms with E-state index >= 15 is 0 Å². The second-order valence-corrected chi connectivity index (χ2v) is 5.31. The number of benzene rings is 1. The molecule has 0 aliphatic carbocycles. The van der Waals surface area contributed by atoms with Gasteiger partial charge >= 0.3 is 5.97 Å². The van der Waals surface area contributed by atoms with E-state index in [2.05, 4.69) is 0 Å². The average Bonchev–Trinajstić information content (AvgIpc) is 2.54. The average molecular weight is 304 g/mol. The first-order chi connectivity index (χ1) is 10.5. The molecule has 0 N–H and O–H groups in total. The molecule has 1 aromatic carbocycles. The van der Waals surface area contributed by atoms with Crippen molar-refractivity contribution in [3.05, 3.63) is 35.6 Å². The molecule has 0 radical (unpaired) electrons. The van der Waals surface area contributed by atoms with Crippen LogP contribution in [0.15, 0.2) is 24.3 Å². The van der Waals surface area contributed by atoms with Crippen LogP contribution in [0, 0.1) is 23.1 Å². The highest BCUT2D eigenvalue weighted by molar-refractivity contribution is 5.94. The Labute approximate surface area is 128 Å². The van der Waals surface area contributed by atoms with Crippen LogP contribution in [0.2, 0.25) is 0 Å². The predicted molar refractivity (Wildman–Crippen MR) is 76.2 cm³/mol. The summed E-state index contributed by atoms with van der Waals surface area (Å²) in [5, 5.41) is 8.67. The largest absolute Gasteiger partial charge is 0.447 e. The van der Waals surface area contributed by atoms with Gasteiger partial charge in [0.1, 0.15) is 11.9 Å². The molecule has 1 heterocycles. The number of piperidine rings is 1. The van der Waals surface area contributed by atoms with Crippen molar-refractivity contribution in [1.82, 2.24) is 4.90 Å². The molecule has 1 amide bonds. The van der Waals surface area contributed by atoms with E-state index in [1.807, 2.05) is 6.07 Å². The van der Waals surface area contributed by atoms with Gasteiger partial charge in [-0.2, -0.15) is 5.26 Å². The van der Waals surface area contributed by atoms with Crippen molar-refractivity contribution in [2.24, 2.45) is 5.92 Å². The van der Waals surface area contributed by atoms with Crippen molar-refractivity contribution >= 4 is 11.9 Å². The third kappa shape index (κ3) is 3.82. The minimum atomic E-state index is -0.796. The summed E-state index contributed by atoms with van der Waals surface area (Å²) < 4.78 is 17.9. The fraction of sp³-hybridized carbons (Fsp3) is 0.438. The highest BCUT2D eigenvalue weighted by atomic mass is 19.1. The molecular formula is C16H17FN2O3. The first-order valence-corrected chi connectivity index (χ1v) is 7.16. The Hall–Kier alpha value is -2.42. The molecule has 2 rings (SSSR count). The number of hydrogen-bond acceptors (Lipinski definition) is 4. The highest BCUT2D eigenvalue weighted by Gasteiger charge is 2.30. The van der Waals surface area contributed by atoms with Gasteiger partial charge in [-0.3, -0.25) is 9.59 Å². The number of hydrogen-bond donors (Lipinski definition) is 0. The number of amides is 1. The van der Waals surface area contributed by atoms with Gasteiger partial charge < -0.3 is 9.64 Å². The standard InChI is InChI=1S/C16H17FN2O3/c1-11(9-18)22-16(21)13-3-2-8-19(10-13)15(20)12-4-6-14(17)7-5-12/h4-7,11,13H,2-3,8,10H2,1H3. The van der Waals surface area contributed by atoms with E-state index in [-0.39, 0.29) is 12.5 Å². The maximum atomic E-state index is 12.9. The van der Waals surface area contributed by atoms with Crippen molar-refractivity contribution in [2.75, 3.05) is 13.1 Å². The van der Waals surface area contributed by atoms with E-state index in [1.54, 1.807) is 4.90 Å². The van der Waals surface area contributed by atoms with Gasteiger partial charge in [-0.1, -0.05) is 0 Å². The summed E-state index contributed by atoms with van der Waals surface area (Å²) in [5.41, 5.74) is 0.390. The predicted octanol–water partition coefficient (Wildman–Crippen LogP) is 2.13. The number of likely N-dealkylation sites (tertiary alicyclic amines) is 1. The summed E-state index contributed by atoms with van der Waals surface area (Å²) in [6, 6.07) is 7.16. The van der Waals surface area contributed by atoms with Gasteiger partial charge in [0.25, 0.3) is 5.91 Å². The van der Waals surface area contributed by atoms with Crippen molar-refractivity contribution in [1.29, 1.82) is 5.26 Å². The Kier molecular flexibility index (Phi) is 5.10. The van der Waals surface area contributed by atoms with Crippen LogP contribution in [0.1, 0.15) is 30.1 Å². The summed E-state index contributed by atoms with van der Waals surface area (Å²) in [6.07, 6.45) is 0.522. The minimum absolute atomic E-state index is 0.231. The van der Waals surface area contributed by atoms with E-state index in [9.17, 15) is 14.0 Å². The molecule has 2 atom stereocenters. The quantitative estimate of drug-likeness (QED) is 0.802. The van der Waals surface area contributed by atoms with Gasteiger partial charge in [0.05, 0.1) is 5.92 Å². The van der Waals surface area contributed by atoms with E-state index in [4.69, 9.17) is 10.00 Å². The maximum Gasteiger partial charge on any atom is 0.312 e. The van der Waals surface area contributed by atoms with Gasteiger partial charge in [-0.25, -0.2) is 4.39 Å². The van der Waals surface area contributed by atoms with Crippen molar-refractivity contribution in [3.8, 4) is 6.07 Å². The summed E-state index contributed by atoms with van der Waals surface area (Å²) in [5.74, 6) is -1.51. The zero-order valence-electron chi connectivity index (χ0n) is 12.3. The van der Waals surface area contributed by atoms with Crippen molar-refractivity contribution in [3.63, 3.8) is 0 Å². The Morgan fingerprint density at radius 1 is 1.41 bits per heavy atom. The molecule has 116 valence electrons. The van der Waals surface area contributed by atoms with Gasteiger partial charge in [0.2, 0.25) is 0 Å². The molecule has 0 bridgehead atoms. The minimum Gasteiger partial charge on any atom is -0.447 e. The fourth-order valence-electron chi connectivity index (χ4n) is 2.43. The number of carbonyl (C=O) groups excluding carboxylic acids is 2. The Morgan fingerprint density at radius 2 is 2.09 bits per heavy atom. The van der Waals surface area contributed by atoms with Crippen molar-refractivity contribution in [2.45, 2.75) is 25.9 Å². The zero-order chi connectivity index (χ0) is 16.1. The molecule has 6 heteroatoms. The molecule has 2 unspecified atom stereocenters. The lowest BCUT2D eigenvalue weighted by Crippen LogP contribution is -2.43. The van der Waals surface area contributed by atoms with Crippen LogP contribution in [-0.2, 0) is 9.53 Å². The number of nitriles is 1. The third-order valence-electron chi connectivity index (χ3n) is 3.61. The van der Waals surface area contributed by atoms with E-state index < -0.39 is 23.8 Å². The molecule has 22 heavy (non-hydrogen) atoms. The second kappa shape index (κ2) is 7.03. The smallest absolute Gasteiger partial charge is 0.312 e. The second-order valence-electron chi connectivity index (χ2n) is 5.31. The molecule has 1 aromatic rings. The van der Waals surface area contributed by atoms with Gasteiger partial charge in [0.15, 0.2) is 6.10 Å². The van der Waals surface area contributed by atoms with Crippen LogP contribution in [0.4, 0.5) is 4.39 Å². The van der Waals surface area contributed by atoms with Crippen LogP contribution in [0.3, 0.4) is 0 Å². The number of esters is 1. The molecule has 0 aromatic heterocycles. The van der Waals surface area contributed by atoms with Crippen LogP contribution in [0.25, 0.3) is 0 Å². The number of nitrogens with zero attached hydrogens (tertiary/aromatic N) is 2. The number of rotatable bonds is 3. The van der Waals surface area contributed by atoms with Gasteiger partial charge in [-0.05, 0) is 44.0 Å². The number of carbonyl (C=O) groups is 2. The van der Waals surface area contributed by atoms with Crippen LogP contribution < -0.4 is 0 Å². The van der Waals surface area contributed by atoms with Gasteiger partial charge in [-0.15, -0.1) is 0 Å². The Balaban J connectivity index is 2.01. The van der Waals surface area contributed by atoms with Crippen LogP contribution in [-0.4, -0.2) is 36.0 Å².